The molecular weight excluding hydrogens is 238 g/mol. The summed E-state index contributed by atoms with van der Waals surface area (Å²) in [7, 11) is -4.77. The van der Waals surface area contributed by atoms with Gasteiger partial charge in [-0.2, -0.15) is 12.6 Å². The predicted molar refractivity (Wildman–Crippen MR) is 30.6 cm³/mol. The van der Waals surface area contributed by atoms with Gasteiger partial charge in [0.25, 0.3) is 0 Å². The Labute approximate surface area is 92.9 Å². The molecule has 6 nitrogen and oxygen atoms in total. The van der Waals surface area contributed by atoms with Gasteiger partial charge in [-0.1, -0.05) is 0 Å². The summed E-state index contributed by atoms with van der Waals surface area (Å²) < 4.78 is 46.4. The molecule has 1 atom stereocenters. The number of rotatable bonds is 2. The van der Waals surface area contributed by atoms with Crippen molar-refractivity contribution in [3.05, 3.63) is 0 Å². The van der Waals surface area contributed by atoms with E-state index in [2.05, 4.69) is 3.63 Å². The van der Waals surface area contributed by atoms with Crippen molar-refractivity contribution in [2.45, 2.75) is 0 Å². The molecule has 0 aromatic heterocycles. The molecule has 1 unspecified atom stereocenters. The van der Waals surface area contributed by atoms with Gasteiger partial charge in [0.1, 0.15) is 0 Å². The van der Waals surface area contributed by atoms with Gasteiger partial charge in [-0.25, -0.2) is 0 Å². The van der Waals surface area contributed by atoms with Crippen LogP contribution in [0.1, 0.15) is 0 Å². The van der Waals surface area contributed by atoms with Gasteiger partial charge in [0.15, 0.2) is 0 Å². The van der Waals surface area contributed by atoms with Gasteiger partial charge in [-0.3, -0.25) is 9.11 Å². The summed E-state index contributed by atoms with van der Waals surface area (Å²) in [4.78, 5) is 0. The molecule has 0 rings (SSSR count). The molecule has 0 aromatic carbocycles. The van der Waals surface area contributed by atoms with Gasteiger partial charge in [0.05, 0.1) is 0 Å². The van der Waals surface area contributed by atoms with Crippen LogP contribution in [0.4, 0.5) is 0 Å². The Morgan fingerprint density at radius 1 is 1.40 bits per heavy atom. The van der Waals surface area contributed by atoms with Crippen molar-refractivity contribution in [3.8, 4) is 0 Å². The number of hydrogen-bond acceptors (Lipinski definition) is 4. The van der Waals surface area contributed by atoms with E-state index in [0.717, 1.165) is 0 Å². The second-order valence-electron chi connectivity index (χ2n) is 0.713. The van der Waals surface area contributed by atoms with Gasteiger partial charge >= 0.3 is 51.3 Å². The second kappa shape index (κ2) is 7.16. The van der Waals surface area contributed by atoms with E-state index in [4.69, 9.17) is 9.11 Å². The van der Waals surface area contributed by atoms with Crippen molar-refractivity contribution in [2.24, 2.45) is 0 Å². The maximum absolute atomic E-state index is 9.42. The molecule has 0 spiro atoms. The Morgan fingerprint density at radius 2 is 1.70 bits per heavy atom. The molecule has 0 aromatic rings. The van der Waals surface area contributed by atoms with Crippen LogP contribution < -0.4 is 0 Å². The molecule has 0 aliphatic carbocycles. The third-order valence-electron chi connectivity index (χ3n) is 0.144. The van der Waals surface area contributed by atoms with Gasteiger partial charge < -0.3 is 0 Å². The first-order valence-electron chi connectivity index (χ1n) is 1.20. The summed E-state index contributed by atoms with van der Waals surface area (Å²) in [6.07, 6.45) is 0. The molecule has 0 heterocycles. The standard InChI is InChI=1S/Mn.Na.H2O6S2.H/c;;1-7(2)6-8(3,4)5;/h;;(H,1,2)(H,3,4,5);. The molecule has 2 N–H and O–H groups in total. The fourth-order valence-electron chi connectivity index (χ4n) is 0.0736. The average molecular weight is 241 g/mol. The average Bonchev–Trinajstić information content (AvgIpc) is 1.21. The Kier molecular flexibility index (Phi) is 12.6. The second-order valence-corrected chi connectivity index (χ2v) is 2.55. The van der Waals surface area contributed by atoms with Crippen LogP contribution in [0, 0.1) is 0 Å². The first-order chi connectivity index (χ1) is 3.42. The third kappa shape index (κ3) is 16.2. The Balaban J connectivity index is -0.000000245. The van der Waals surface area contributed by atoms with Crippen molar-refractivity contribution in [1.29, 1.82) is 0 Å². The van der Waals surface area contributed by atoms with Crippen LogP contribution >= 0.6 is 0 Å². The van der Waals surface area contributed by atoms with Crippen molar-refractivity contribution in [2.75, 3.05) is 0 Å². The summed E-state index contributed by atoms with van der Waals surface area (Å²) >= 11 is -2.97. The van der Waals surface area contributed by atoms with Gasteiger partial charge in [0.2, 0.25) is 0 Å². The van der Waals surface area contributed by atoms with E-state index >= 15 is 0 Å². The van der Waals surface area contributed by atoms with Crippen LogP contribution in [-0.4, -0.2) is 51.3 Å². The topological polar surface area (TPSA) is 101 Å². The van der Waals surface area contributed by atoms with E-state index in [1.807, 2.05) is 0 Å². The molecule has 59 valence electrons. The zero-order chi connectivity index (χ0) is 6.78. The van der Waals surface area contributed by atoms with Gasteiger partial charge in [-0.15, -0.1) is 3.63 Å². The predicted octanol–water partition coefficient (Wildman–Crippen LogP) is -1.71. The van der Waals surface area contributed by atoms with E-state index in [1.54, 1.807) is 0 Å². The molecule has 0 aliphatic heterocycles. The minimum atomic E-state index is -4.77. The third-order valence-corrected chi connectivity index (χ3v) is 1.30. The SMILES string of the molecule is O=S(O)OS(=O)(=O)O.[Mn].[NaH]. The molecule has 0 bridgehead atoms. The first-order valence-corrected chi connectivity index (χ1v) is 3.60. The van der Waals surface area contributed by atoms with Crippen LogP contribution in [0.15, 0.2) is 0 Å². The Hall–Kier alpha value is 1.50. The molecule has 0 saturated heterocycles. The van der Waals surface area contributed by atoms with Crippen LogP contribution in [-0.2, 0) is 42.5 Å². The van der Waals surface area contributed by atoms with Crippen molar-refractivity contribution in [1.82, 2.24) is 0 Å². The number of hydrogen-bond donors (Lipinski definition) is 2. The van der Waals surface area contributed by atoms with Gasteiger partial charge in [0, 0.05) is 17.1 Å². The van der Waals surface area contributed by atoms with E-state index in [9.17, 15) is 12.6 Å². The zero-order valence-corrected chi connectivity index (χ0v) is 6.54. The molecule has 10 heavy (non-hydrogen) atoms. The van der Waals surface area contributed by atoms with Crippen molar-refractivity contribution < 1.29 is 42.4 Å². The van der Waals surface area contributed by atoms with Crippen molar-refractivity contribution >= 4 is 51.3 Å². The van der Waals surface area contributed by atoms with E-state index in [-0.39, 0.29) is 46.6 Å². The van der Waals surface area contributed by atoms with Crippen LogP contribution in [0.5, 0.6) is 0 Å². The fourth-order valence-corrected chi connectivity index (χ4v) is 0.662. The summed E-state index contributed by atoms with van der Waals surface area (Å²) in [5, 5.41) is 0. The molecule has 0 fully saturated rings. The molecule has 0 amide bonds. The summed E-state index contributed by atoms with van der Waals surface area (Å²) in [5.41, 5.74) is 0. The first kappa shape index (κ1) is 17.5. The fraction of sp³-hybridized carbons (Fsp3) is 0. The normalized spacial score (nSPS) is 12.6. The van der Waals surface area contributed by atoms with Crippen molar-refractivity contribution in [3.63, 3.8) is 0 Å². The van der Waals surface area contributed by atoms with E-state index in [1.165, 1.54) is 0 Å². The summed E-state index contributed by atoms with van der Waals surface area (Å²) in [6, 6.07) is 0. The summed E-state index contributed by atoms with van der Waals surface area (Å²) in [5.74, 6) is 0. The Bertz CT molecular complexity index is 182. The van der Waals surface area contributed by atoms with Crippen LogP contribution in [0.25, 0.3) is 0 Å². The van der Waals surface area contributed by atoms with E-state index < -0.39 is 21.8 Å². The molecular formula is H3MnNaO6S2. The molecule has 0 saturated carbocycles. The maximum atomic E-state index is 9.42. The molecule has 1 radical (unpaired) electrons. The molecule has 0 aliphatic rings. The van der Waals surface area contributed by atoms with Gasteiger partial charge in [-0.05, 0) is 0 Å². The van der Waals surface area contributed by atoms with Crippen LogP contribution in [0.2, 0.25) is 0 Å². The zero-order valence-electron chi connectivity index (χ0n) is 3.72. The quantitative estimate of drug-likeness (QED) is 0.339. The van der Waals surface area contributed by atoms with E-state index in [0.29, 0.717) is 0 Å². The monoisotopic (exact) mass is 241 g/mol. The summed E-state index contributed by atoms with van der Waals surface area (Å²) in [6.45, 7) is 0. The molecule has 10 heteroatoms. The Morgan fingerprint density at radius 3 is 1.70 bits per heavy atom. The van der Waals surface area contributed by atoms with Crippen LogP contribution in [0.3, 0.4) is 0 Å². The minimum absolute atomic E-state index is 0.